The zero-order chi connectivity index (χ0) is 31.0. The van der Waals surface area contributed by atoms with Gasteiger partial charge >= 0.3 is 17.9 Å². The highest BCUT2D eigenvalue weighted by Crippen LogP contribution is 2.19. The van der Waals surface area contributed by atoms with Gasteiger partial charge in [-0.25, -0.2) is 0 Å². The molecule has 0 heterocycles. The van der Waals surface area contributed by atoms with Crippen LogP contribution in [0.2, 0.25) is 0 Å². The molecule has 0 fully saturated rings. The van der Waals surface area contributed by atoms with Gasteiger partial charge in [0.2, 0.25) is 0 Å². The van der Waals surface area contributed by atoms with Crippen LogP contribution < -0.4 is 0 Å². The van der Waals surface area contributed by atoms with Gasteiger partial charge in [0.05, 0.1) is 0 Å². The molecule has 0 saturated heterocycles. The number of carbonyl (C=O) groups excluding carboxylic acids is 3. The number of hydrogen-bond donors (Lipinski definition) is 0. The summed E-state index contributed by atoms with van der Waals surface area (Å²) < 4.78 is 16.9. The Morgan fingerprint density at radius 2 is 1.00 bits per heavy atom. The monoisotopic (exact) mass is 594 g/mol. The predicted octanol–water partition coefficient (Wildman–Crippen LogP) is 9.28. The fourth-order valence-corrected chi connectivity index (χ4v) is 5.07. The SMILES string of the molecule is CCCCCCC(CCCCCC)OC(=O)CCCCCCC(C(=O)OCc1ccccc1)C(=O)OCc1ccccc1. The van der Waals surface area contributed by atoms with E-state index in [1.807, 2.05) is 60.7 Å². The molecule has 0 aromatic heterocycles. The summed E-state index contributed by atoms with van der Waals surface area (Å²) in [5.74, 6) is -2.20. The summed E-state index contributed by atoms with van der Waals surface area (Å²) >= 11 is 0. The van der Waals surface area contributed by atoms with Gasteiger partial charge in [-0.15, -0.1) is 0 Å². The quantitative estimate of drug-likeness (QED) is 0.0522. The zero-order valence-electron chi connectivity index (χ0n) is 26.6. The van der Waals surface area contributed by atoms with E-state index in [-0.39, 0.29) is 25.3 Å². The van der Waals surface area contributed by atoms with Gasteiger partial charge in [0.15, 0.2) is 5.92 Å². The molecule has 43 heavy (non-hydrogen) atoms. The molecule has 0 unspecified atom stereocenters. The van der Waals surface area contributed by atoms with Crippen molar-refractivity contribution < 1.29 is 28.6 Å². The molecule has 0 aliphatic carbocycles. The lowest BCUT2D eigenvalue weighted by molar-refractivity contribution is -0.164. The van der Waals surface area contributed by atoms with Crippen LogP contribution in [0.15, 0.2) is 60.7 Å². The Morgan fingerprint density at radius 3 is 1.49 bits per heavy atom. The van der Waals surface area contributed by atoms with Crippen molar-refractivity contribution >= 4 is 17.9 Å². The number of unbranched alkanes of at least 4 members (excludes halogenated alkanes) is 9. The van der Waals surface area contributed by atoms with E-state index in [0.717, 1.165) is 56.1 Å². The first-order chi connectivity index (χ1) is 21.0. The Bertz CT molecular complexity index is 939. The number of carbonyl (C=O) groups is 3. The molecule has 0 aliphatic heterocycles. The maximum Gasteiger partial charge on any atom is 0.320 e. The second-order valence-corrected chi connectivity index (χ2v) is 11.5. The highest BCUT2D eigenvalue weighted by Gasteiger charge is 2.29. The molecule has 2 aromatic carbocycles. The van der Waals surface area contributed by atoms with Crippen LogP contribution in [0.5, 0.6) is 0 Å². The second kappa shape index (κ2) is 23.3. The first-order valence-corrected chi connectivity index (χ1v) is 16.6. The van der Waals surface area contributed by atoms with Crippen LogP contribution in [0.4, 0.5) is 0 Å². The largest absolute Gasteiger partial charge is 0.462 e. The Balaban J connectivity index is 1.77. The molecule has 0 saturated carbocycles. The molecular formula is C37H54O6. The van der Waals surface area contributed by atoms with Gasteiger partial charge in [-0.05, 0) is 49.7 Å². The Labute approximate surface area is 259 Å². The second-order valence-electron chi connectivity index (χ2n) is 11.5. The van der Waals surface area contributed by atoms with Crippen LogP contribution in [0.3, 0.4) is 0 Å². The molecule has 0 radical (unpaired) electrons. The molecule has 6 nitrogen and oxygen atoms in total. The summed E-state index contributed by atoms with van der Waals surface area (Å²) in [6.07, 6.45) is 15.2. The zero-order valence-corrected chi connectivity index (χ0v) is 26.6. The van der Waals surface area contributed by atoms with Gasteiger partial charge in [0, 0.05) is 6.42 Å². The van der Waals surface area contributed by atoms with Crippen molar-refractivity contribution in [3.8, 4) is 0 Å². The van der Waals surface area contributed by atoms with Crippen molar-refractivity contribution in [3.05, 3.63) is 71.8 Å². The molecule has 238 valence electrons. The molecule has 0 N–H and O–H groups in total. The number of hydrogen-bond acceptors (Lipinski definition) is 6. The van der Waals surface area contributed by atoms with Crippen LogP contribution in [0.25, 0.3) is 0 Å². The highest BCUT2D eigenvalue weighted by atomic mass is 16.6. The summed E-state index contributed by atoms with van der Waals surface area (Å²) in [5.41, 5.74) is 1.73. The third-order valence-corrected chi connectivity index (χ3v) is 7.70. The predicted molar refractivity (Wildman–Crippen MR) is 171 cm³/mol. The smallest absolute Gasteiger partial charge is 0.320 e. The molecule has 0 bridgehead atoms. The van der Waals surface area contributed by atoms with Crippen molar-refractivity contribution in [2.45, 2.75) is 136 Å². The van der Waals surface area contributed by atoms with E-state index in [9.17, 15) is 14.4 Å². The van der Waals surface area contributed by atoms with E-state index in [4.69, 9.17) is 14.2 Å². The summed E-state index contributed by atoms with van der Waals surface area (Å²) in [6.45, 7) is 4.64. The van der Waals surface area contributed by atoms with Gasteiger partial charge in [-0.3, -0.25) is 14.4 Å². The third-order valence-electron chi connectivity index (χ3n) is 7.70. The Morgan fingerprint density at radius 1 is 0.558 bits per heavy atom. The molecule has 6 heteroatoms. The maximum atomic E-state index is 12.9. The molecule has 0 amide bonds. The highest BCUT2D eigenvalue weighted by molar-refractivity contribution is 5.94. The summed E-state index contributed by atoms with van der Waals surface area (Å²) in [7, 11) is 0. The first kappa shape index (κ1) is 36.0. The summed E-state index contributed by atoms with van der Waals surface area (Å²) in [4.78, 5) is 38.4. The van der Waals surface area contributed by atoms with Crippen molar-refractivity contribution in [3.63, 3.8) is 0 Å². The number of rotatable bonds is 24. The van der Waals surface area contributed by atoms with E-state index in [1.165, 1.54) is 38.5 Å². The van der Waals surface area contributed by atoms with Gasteiger partial charge in [0.25, 0.3) is 0 Å². The lowest BCUT2D eigenvalue weighted by Gasteiger charge is -2.18. The first-order valence-electron chi connectivity index (χ1n) is 16.6. The van der Waals surface area contributed by atoms with Crippen molar-refractivity contribution in [1.29, 1.82) is 0 Å². The van der Waals surface area contributed by atoms with Gasteiger partial charge < -0.3 is 14.2 Å². The minimum absolute atomic E-state index is 0.0331. The van der Waals surface area contributed by atoms with E-state index in [2.05, 4.69) is 13.8 Å². The van der Waals surface area contributed by atoms with E-state index in [1.54, 1.807) is 0 Å². The molecule has 2 aromatic rings. The molecular weight excluding hydrogens is 540 g/mol. The van der Waals surface area contributed by atoms with Crippen LogP contribution in [-0.4, -0.2) is 24.0 Å². The van der Waals surface area contributed by atoms with Crippen LogP contribution in [-0.2, 0) is 41.8 Å². The minimum Gasteiger partial charge on any atom is -0.462 e. The van der Waals surface area contributed by atoms with Gasteiger partial charge in [-0.1, -0.05) is 132 Å². The van der Waals surface area contributed by atoms with Crippen molar-refractivity contribution in [1.82, 2.24) is 0 Å². The fraction of sp³-hybridized carbons (Fsp3) is 0.595. The van der Waals surface area contributed by atoms with Crippen LogP contribution in [0.1, 0.15) is 128 Å². The molecule has 0 atom stereocenters. The molecule has 2 rings (SSSR count). The van der Waals surface area contributed by atoms with Gasteiger partial charge in [0.1, 0.15) is 19.3 Å². The number of ether oxygens (including phenoxy) is 3. The number of esters is 3. The molecule has 0 aliphatic rings. The van der Waals surface area contributed by atoms with Crippen molar-refractivity contribution in [2.24, 2.45) is 5.92 Å². The van der Waals surface area contributed by atoms with E-state index < -0.39 is 17.9 Å². The summed E-state index contributed by atoms with van der Waals surface area (Å²) in [6, 6.07) is 18.8. The minimum atomic E-state index is -0.974. The normalized spacial score (nSPS) is 11.1. The standard InChI is InChI=1S/C37H54O6/c1-3-5-7-17-25-33(26-18-8-6-4-2)43-35(38)28-20-10-9-19-27-34(36(39)41-29-31-21-13-11-14-22-31)37(40)42-30-32-23-15-12-16-24-32/h11-16,21-24,33-34H,3-10,17-20,25-30H2,1-2H3. The third kappa shape index (κ3) is 16.9. The Hall–Kier alpha value is -3.15. The fourth-order valence-electron chi connectivity index (χ4n) is 5.07. The van der Waals surface area contributed by atoms with Crippen molar-refractivity contribution in [2.75, 3.05) is 0 Å². The van der Waals surface area contributed by atoms with E-state index >= 15 is 0 Å². The Kier molecular flexibility index (Phi) is 19.6. The van der Waals surface area contributed by atoms with Crippen LogP contribution >= 0.6 is 0 Å². The van der Waals surface area contributed by atoms with Gasteiger partial charge in [-0.2, -0.15) is 0 Å². The number of benzene rings is 2. The topological polar surface area (TPSA) is 78.9 Å². The maximum absolute atomic E-state index is 12.9. The lowest BCUT2D eigenvalue weighted by Crippen LogP contribution is -2.28. The van der Waals surface area contributed by atoms with Crippen LogP contribution in [0, 0.1) is 5.92 Å². The lowest BCUT2D eigenvalue weighted by atomic mass is 10.0. The molecule has 0 spiro atoms. The average Bonchev–Trinajstić information content (AvgIpc) is 3.03. The van der Waals surface area contributed by atoms with E-state index in [0.29, 0.717) is 19.3 Å². The summed E-state index contributed by atoms with van der Waals surface area (Å²) in [5, 5.41) is 0. The average molecular weight is 595 g/mol.